The van der Waals surface area contributed by atoms with Gasteiger partial charge in [0, 0.05) is 24.0 Å². The molecule has 0 radical (unpaired) electrons. The van der Waals surface area contributed by atoms with Crippen molar-refractivity contribution in [1.82, 2.24) is 15.3 Å². The predicted molar refractivity (Wildman–Crippen MR) is 63.9 cm³/mol. The van der Waals surface area contributed by atoms with Crippen LogP contribution in [0.4, 0.5) is 8.78 Å². The molecule has 0 saturated carbocycles. The Hall–Kier alpha value is -1.88. The van der Waals surface area contributed by atoms with E-state index < -0.39 is 17.7 Å². The van der Waals surface area contributed by atoms with Gasteiger partial charge in [-0.25, -0.2) is 18.7 Å². The van der Waals surface area contributed by atoms with Gasteiger partial charge in [0.05, 0.1) is 6.04 Å². The van der Waals surface area contributed by atoms with E-state index in [0.717, 1.165) is 6.07 Å². The lowest BCUT2D eigenvalue weighted by molar-refractivity contribution is 0.529. The maximum absolute atomic E-state index is 13.8. The molecule has 1 atom stereocenters. The van der Waals surface area contributed by atoms with E-state index >= 15 is 0 Å². The third kappa shape index (κ3) is 2.68. The molecule has 0 amide bonds. The Morgan fingerprint density at radius 2 is 1.94 bits per heavy atom. The Balaban J connectivity index is 2.41. The monoisotopic (exact) mass is 249 g/mol. The van der Waals surface area contributed by atoms with Crippen molar-refractivity contribution in [3.05, 3.63) is 59.7 Å². The molecule has 18 heavy (non-hydrogen) atoms. The highest BCUT2D eigenvalue weighted by Gasteiger charge is 2.19. The first-order valence-electron chi connectivity index (χ1n) is 5.67. The molecule has 0 saturated heterocycles. The number of nitrogens with zero attached hydrogens (tertiary/aromatic N) is 2. The fourth-order valence-corrected chi connectivity index (χ4v) is 1.74. The Kier molecular flexibility index (Phi) is 3.94. The maximum atomic E-state index is 13.8. The summed E-state index contributed by atoms with van der Waals surface area (Å²) in [5.74, 6) is -0.737. The predicted octanol–water partition coefficient (Wildman–Crippen LogP) is 2.45. The van der Waals surface area contributed by atoms with Crippen molar-refractivity contribution >= 4 is 0 Å². The molecule has 94 valence electrons. The molecule has 0 aliphatic heterocycles. The lowest BCUT2D eigenvalue weighted by Crippen LogP contribution is -2.24. The van der Waals surface area contributed by atoms with Crippen molar-refractivity contribution in [2.24, 2.45) is 0 Å². The zero-order valence-corrected chi connectivity index (χ0v) is 9.90. The molecular weight excluding hydrogens is 236 g/mol. The fraction of sp³-hybridized carbons (Fsp3) is 0.231. The van der Waals surface area contributed by atoms with Crippen LogP contribution in [0.25, 0.3) is 0 Å². The van der Waals surface area contributed by atoms with Gasteiger partial charge in [0.2, 0.25) is 0 Å². The van der Waals surface area contributed by atoms with Crippen molar-refractivity contribution in [2.75, 3.05) is 6.54 Å². The first-order valence-corrected chi connectivity index (χ1v) is 5.67. The van der Waals surface area contributed by atoms with E-state index in [1.54, 1.807) is 18.5 Å². The SMILES string of the molecule is CCNC(c1ncccn1)c1ccc(F)cc1F. The highest BCUT2D eigenvalue weighted by Crippen LogP contribution is 2.22. The van der Waals surface area contributed by atoms with E-state index in [4.69, 9.17) is 0 Å². The summed E-state index contributed by atoms with van der Waals surface area (Å²) in [5, 5.41) is 3.09. The molecule has 1 heterocycles. The topological polar surface area (TPSA) is 37.8 Å². The summed E-state index contributed by atoms with van der Waals surface area (Å²) in [7, 11) is 0. The first kappa shape index (κ1) is 12.6. The Labute approximate surface area is 104 Å². The number of aromatic nitrogens is 2. The van der Waals surface area contributed by atoms with Crippen LogP contribution < -0.4 is 5.32 Å². The molecule has 2 rings (SSSR count). The van der Waals surface area contributed by atoms with E-state index in [1.807, 2.05) is 6.92 Å². The van der Waals surface area contributed by atoms with E-state index in [0.29, 0.717) is 17.9 Å². The third-order valence-electron chi connectivity index (χ3n) is 2.53. The Morgan fingerprint density at radius 3 is 2.56 bits per heavy atom. The van der Waals surface area contributed by atoms with Crippen molar-refractivity contribution in [1.29, 1.82) is 0 Å². The third-order valence-corrected chi connectivity index (χ3v) is 2.53. The number of rotatable bonds is 4. The van der Waals surface area contributed by atoms with Gasteiger partial charge in [-0.1, -0.05) is 13.0 Å². The van der Waals surface area contributed by atoms with Gasteiger partial charge in [0.15, 0.2) is 0 Å². The van der Waals surface area contributed by atoms with E-state index in [9.17, 15) is 8.78 Å². The van der Waals surface area contributed by atoms with Crippen molar-refractivity contribution in [2.45, 2.75) is 13.0 Å². The number of hydrogen-bond donors (Lipinski definition) is 1. The number of hydrogen-bond acceptors (Lipinski definition) is 3. The molecule has 2 aromatic rings. The quantitative estimate of drug-likeness (QED) is 0.904. The zero-order chi connectivity index (χ0) is 13.0. The average molecular weight is 249 g/mol. The van der Waals surface area contributed by atoms with Gasteiger partial charge in [0.25, 0.3) is 0 Å². The summed E-state index contributed by atoms with van der Waals surface area (Å²) < 4.78 is 26.7. The molecule has 0 fully saturated rings. The van der Waals surface area contributed by atoms with Crippen LogP contribution in [0.3, 0.4) is 0 Å². The minimum atomic E-state index is -0.603. The molecule has 0 bridgehead atoms. The van der Waals surface area contributed by atoms with Gasteiger partial charge in [-0.2, -0.15) is 0 Å². The second kappa shape index (κ2) is 5.64. The second-order valence-electron chi connectivity index (χ2n) is 3.76. The fourth-order valence-electron chi connectivity index (χ4n) is 1.74. The molecule has 1 unspecified atom stereocenters. The lowest BCUT2D eigenvalue weighted by atomic mass is 10.1. The molecule has 1 aromatic carbocycles. The summed E-state index contributed by atoms with van der Waals surface area (Å²) in [6, 6.07) is 4.72. The molecule has 0 aliphatic rings. The van der Waals surface area contributed by atoms with Gasteiger partial charge >= 0.3 is 0 Å². The van der Waals surface area contributed by atoms with Crippen LogP contribution in [0, 0.1) is 11.6 Å². The summed E-state index contributed by atoms with van der Waals surface area (Å²) in [4.78, 5) is 8.21. The van der Waals surface area contributed by atoms with Gasteiger partial charge in [-0.15, -0.1) is 0 Å². The molecule has 5 heteroatoms. The molecule has 0 spiro atoms. The smallest absolute Gasteiger partial charge is 0.149 e. The van der Waals surface area contributed by atoms with Gasteiger partial charge in [0.1, 0.15) is 17.5 Å². The second-order valence-corrected chi connectivity index (χ2v) is 3.76. The zero-order valence-electron chi connectivity index (χ0n) is 9.90. The largest absolute Gasteiger partial charge is 0.304 e. The van der Waals surface area contributed by atoms with E-state index in [-0.39, 0.29) is 0 Å². The maximum Gasteiger partial charge on any atom is 0.149 e. The van der Waals surface area contributed by atoms with Crippen LogP contribution in [0.1, 0.15) is 24.4 Å². The summed E-state index contributed by atoms with van der Waals surface area (Å²) in [6.45, 7) is 2.52. The molecule has 0 aliphatic carbocycles. The highest BCUT2D eigenvalue weighted by atomic mass is 19.1. The number of halogens is 2. The first-order chi connectivity index (χ1) is 8.72. The van der Waals surface area contributed by atoms with Gasteiger partial charge in [-0.3, -0.25) is 0 Å². The average Bonchev–Trinajstić information content (AvgIpc) is 2.38. The summed E-state index contributed by atoms with van der Waals surface area (Å²) in [5.41, 5.74) is 0.337. The van der Waals surface area contributed by atoms with Crippen LogP contribution in [0.2, 0.25) is 0 Å². The number of nitrogens with one attached hydrogen (secondary N) is 1. The van der Waals surface area contributed by atoms with Crippen LogP contribution in [-0.2, 0) is 0 Å². The van der Waals surface area contributed by atoms with Crippen LogP contribution >= 0.6 is 0 Å². The van der Waals surface area contributed by atoms with Crippen molar-refractivity contribution in [3.8, 4) is 0 Å². The molecule has 3 nitrogen and oxygen atoms in total. The van der Waals surface area contributed by atoms with E-state index in [2.05, 4.69) is 15.3 Å². The molecule has 1 N–H and O–H groups in total. The molecular formula is C13H13F2N3. The Morgan fingerprint density at radius 1 is 1.22 bits per heavy atom. The minimum absolute atomic E-state index is 0.337. The van der Waals surface area contributed by atoms with Crippen LogP contribution in [-0.4, -0.2) is 16.5 Å². The van der Waals surface area contributed by atoms with Gasteiger partial charge < -0.3 is 5.32 Å². The lowest BCUT2D eigenvalue weighted by Gasteiger charge is -2.17. The highest BCUT2D eigenvalue weighted by molar-refractivity contribution is 5.27. The summed E-state index contributed by atoms with van der Waals surface area (Å²) in [6.07, 6.45) is 3.18. The van der Waals surface area contributed by atoms with Crippen molar-refractivity contribution < 1.29 is 8.78 Å². The minimum Gasteiger partial charge on any atom is -0.304 e. The van der Waals surface area contributed by atoms with Crippen LogP contribution in [0.5, 0.6) is 0 Å². The number of benzene rings is 1. The normalized spacial score (nSPS) is 12.4. The van der Waals surface area contributed by atoms with Crippen LogP contribution in [0.15, 0.2) is 36.7 Å². The standard InChI is InChI=1S/C13H13F2N3/c1-2-16-12(13-17-6-3-7-18-13)10-5-4-9(14)8-11(10)15/h3-8,12,16H,2H2,1H3. The van der Waals surface area contributed by atoms with E-state index in [1.165, 1.54) is 12.1 Å². The van der Waals surface area contributed by atoms with Crippen molar-refractivity contribution in [3.63, 3.8) is 0 Å². The van der Waals surface area contributed by atoms with Gasteiger partial charge in [-0.05, 0) is 18.7 Å². The molecule has 1 aromatic heterocycles. The summed E-state index contributed by atoms with van der Waals surface area (Å²) >= 11 is 0. The Bertz CT molecular complexity index is 517.